The van der Waals surface area contributed by atoms with Crippen molar-refractivity contribution in [2.75, 3.05) is 0 Å². The van der Waals surface area contributed by atoms with Gasteiger partial charge in [0.15, 0.2) is 5.78 Å². The normalized spacial score (nSPS) is 20.0. The van der Waals surface area contributed by atoms with E-state index in [4.69, 9.17) is 4.74 Å². The van der Waals surface area contributed by atoms with Gasteiger partial charge in [0, 0.05) is 6.42 Å². The summed E-state index contributed by atoms with van der Waals surface area (Å²) < 4.78 is 5.50. The zero-order valence-electron chi connectivity index (χ0n) is 12.0. The SMILES string of the molecule is O=C1C=CCCC(OC(=O)c2ccccc2O)CCCC1. The summed E-state index contributed by atoms with van der Waals surface area (Å²) in [5.41, 5.74) is 0.195. The molecular weight excluding hydrogens is 268 g/mol. The lowest BCUT2D eigenvalue weighted by Crippen LogP contribution is -2.19. The van der Waals surface area contributed by atoms with Gasteiger partial charge in [0.2, 0.25) is 0 Å². The zero-order valence-corrected chi connectivity index (χ0v) is 12.0. The number of hydrogen-bond acceptors (Lipinski definition) is 4. The molecule has 1 aromatic rings. The standard InChI is InChI=1S/C17H20O4/c18-13-7-1-3-9-14(10-4-2-8-13)21-17(20)15-11-5-6-12-16(15)19/h1,5-7,11-12,14,19H,2-4,8-10H2. The first-order chi connectivity index (χ1) is 10.2. The minimum Gasteiger partial charge on any atom is -0.507 e. The van der Waals surface area contributed by atoms with E-state index in [9.17, 15) is 14.7 Å². The zero-order chi connectivity index (χ0) is 15.1. The molecule has 0 spiro atoms. The summed E-state index contributed by atoms with van der Waals surface area (Å²) in [6, 6.07) is 6.38. The number of carbonyl (C=O) groups excluding carboxylic acids is 2. The van der Waals surface area contributed by atoms with E-state index in [0.29, 0.717) is 19.3 Å². The Hall–Kier alpha value is -2.10. The number of carbonyl (C=O) groups is 2. The lowest BCUT2D eigenvalue weighted by Gasteiger charge is -2.18. The van der Waals surface area contributed by atoms with Crippen LogP contribution >= 0.6 is 0 Å². The van der Waals surface area contributed by atoms with Gasteiger partial charge in [0.25, 0.3) is 0 Å². The summed E-state index contributed by atoms with van der Waals surface area (Å²) >= 11 is 0. The van der Waals surface area contributed by atoms with E-state index in [1.165, 1.54) is 6.07 Å². The third kappa shape index (κ3) is 4.74. The molecule has 1 atom stereocenters. The second-order valence-electron chi connectivity index (χ2n) is 5.24. The first kappa shape index (κ1) is 15.3. The van der Waals surface area contributed by atoms with Crippen molar-refractivity contribution in [1.82, 2.24) is 0 Å². The first-order valence-corrected chi connectivity index (χ1v) is 7.35. The molecule has 0 aliphatic heterocycles. The highest BCUT2D eigenvalue weighted by atomic mass is 16.5. The van der Waals surface area contributed by atoms with Crippen LogP contribution in [0.3, 0.4) is 0 Å². The number of benzene rings is 1. The molecule has 1 aliphatic carbocycles. The summed E-state index contributed by atoms with van der Waals surface area (Å²) in [6.07, 6.45) is 7.67. The predicted octanol–water partition coefficient (Wildman–Crippen LogP) is 3.40. The smallest absolute Gasteiger partial charge is 0.342 e. The minimum atomic E-state index is -0.491. The molecule has 0 heterocycles. The van der Waals surface area contributed by atoms with Crippen LogP contribution in [-0.2, 0) is 9.53 Å². The van der Waals surface area contributed by atoms with Gasteiger partial charge in [0.1, 0.15) is 17.4 Å². The lowest BCUT2D eigenvalue weighted by atomic mass is 10.0. The molecule has 1 aliphatic rings. The molecule has 0 fully saturated rings. The molecule has 0 amide bonds. The molecule has 2 rings (SSSR count). The third-order valence-electron chi connectivity index (χ3n) is 3.56. The topological polar surface area (TPSA) is 63.6 Å². The fraction of sp³-hybridized carbons (Fsp3) is 0.412. The minimum absolute atomic E-state index is 0.0622. The van der Waals surface area contributed by atoms with Gasteiger partial charge in [0.05, 0.1) is 0 Å². The van der Waals surface area contributed by atoms with E-state index in [-0.39, 0.29) is 23.2 Å². The van der Waals surface area contributed by atoms with Crippen molar-refractivity contribution in [3.63, 3.8) is 0 Å². The van der Waals surface area contributed by atoms with Crippen molar-refractivity contribution < 1.29 is 19.4 Å². The Labute approximate surface area is 124 Å². The third-order valence-corrected chi connectivity index (χ3v) is 3.56. The van der Waals surface area contributed by atoms with Crippen molar-refractivity contribution in [3.05, 3.63) is 42.0 Å². The Kier molecular flexibility index (Phi) is 5.55. The number of para-hydroxylation sites is 1. The van der Waals surface area contributed by atoms with Crippen LogP contribution in [0.4, 0.5) is 0 Å². The molecular formula is C17H20O4. The molecule has 0 aromatic heterocycles. The number of allylic oxidation sites excluding steroid dienone is 2. The molecule has 4 nitrogen and oxygen atoms in total. The van der Waals surface area contributed by atoms with Gasteiger partial charge in [-0.3, -0.25) is 4.79 Å². The molecule has 0 radical (unpaired) electrons. The van der Waals surface area contributed by atoms with Crippen LogP contribution in [0.1, 0.15) is 48.9 Å². The maximum atomic E-state index is 12.1. The highest BCUT2D eigenvalue weighted by molar-refractivity contribution is 5.92. The number of phenolic OH excluding ortho intramolecular Hbond substituents is 1. The molecule has 1 N–H and O–H groups in total. The summed E-state index contributed by atoms with van der Waals surface area (Å²) in [7, 11) is 0. The van der Waals surface area contributed by atoms with Crippen LogP contribution in [0, 0.1) is 0 Å². The molecule has 0 saturated carbocycles. The number of hydrogen-bond donors (Lipinski definition) is 1. The van der Waals surface area contributed by atoms with Crippen molar-refractivity contribution >= 4 is 11.8 Å². The number of esters is 1. The van der Waals surface area contributed by atoms with E-state index >= 15 is 0 Å². The number of phenols is 1. The van der Waals surface area contributed by atoms with Crippen LogP contribution in [0.2, 0.25) is 0 Å². The number of rotatable bonds is 2. The highest BCUT2D eigenvalue weighted by Crippen LogP contribution is 2.21. The number of ketones is 1. The van der Waals surface area contributed by atoms with Gasteiger partial charge in [-0.15, -0.1) is 0 Å². The van der Waals surface area contributed by atoms with Crippen LogP contribution in [0.5, 0.6) is 5.75 Å². The van der Waals surface area contributed by atoms with Gasteiger partial charge in [-0.25, -0.2) is 4.79 Å². The first-order valence-electron chi connectivity index (χ1n) is 7.35. The molecule has 1 unspecified atom stereocenters. The van der Waals surface area contributed by atoms with Gasteiger partial charge in [-0.1, -0.05) is 18.2 Å². The maximum absolute atomic E-state index is 12.1. The second kappa shape index (κ2) is 7.62. The fourth-order valence-electron chi connectivity index (χ4n) is 2.37. The molecule has 1 aromatic carbocycles. The maximum Gasteiger partial charge on any atom is 0.342 e. The fourth-order valence-corrected chi connectivity index (χ4v) is 2.37. The monoisotopic (exact) mass is 288 g/mol. The van der Waals surface area contributed by atoms with Crippen LogP contribution in [0.15, 0.2) is 36.4 Å². The largest absolute Gasteiger partial charge is 0.507 e. The van der Waals surface area contributed by atoms with Crippen LogP contribution in [0.25, 0.3) is 0 Å². The Morgan fingerprint density at radius 1 is 1.19 bits per heavy atom. The van der Waals surface area contributed by atoms with Crippen LogP contribution < -0.4 is 0 Å². The molecule has 0 bridgehead atoms. The van der Waals surface area contributed by atoms with Crippen molar-refractivity contribution in [3.8, 4) is 5.75 Å². The Balaban J connectivity index is 1.97. The summed E-state index contributed by atoms with van der Waals surface area (Å²) in [5.74, 6) is -0.386. The van der Waals surface area contributed by atoms with E-state index in [1.807, 2.05) is 6.08 Å². The summed E-state index contributed by atoms with van der Waals surface area (Å²) in [6.45, 7) is 0. The average molecular weight is 288 g/mol. The average Bonchev–Trinajstić information content (AvgIpc) is 2.48. The molecule has 112 valence electrons. The number of ether oxygens (including phenoxy) is 1. The second-order valence-corrected chi connectivity index (χ2v) is 5.24. The van der Waals surface area contributed by atoms with E-state index in [2.05, 4.69) is 0 Å². The molecule has 0 saturated heterocycles. The molecule has 4 heteroatoms. The Morgan fingerprint density at radius 2 is 2.00 bits per heavy atom. The lowest BCUT2D eigenvalue weighted by molar-refractivity contribution is -0.114. The number of aromatic hydroxyl groups is 1. The van der Waals surface area contributed by atoms with Crippen LogP contribution in [-0.4, -0.2) is 23.0 Å². The highest BCUT2D eigenvalue weighted by Gasteiger charge is 2.18. The molecule has 21 heavy (non-hydrogen) atoms. The predicted molar refractivity (Wildman–Crippen MR) is 79.2 cm³/mol. The van der Waals surface area contributed by atoms with Gasteiger partial charge >= 0.3 is 5.97 Å². The Bertz CT molecular complexity index is 533. The van der Waals surface area contributed by atoms with E-state index in [0.717, 1.165) is 19.3 Å². The van der Waals surface area contributed by atoms with E-state index < -0.39 is 5.97 Å². The Morgan fingerprint density at radius 3 is 2.81 bits per heavy atom. The van der Waals surface area contributed by atoms with Gasteiger partial charge in [-0.05, 0) is 50.3 Å². The summed E-state index contributed by atoms with van der Waals surface area (Å²) in [5, 5.41) is 9.67. The van der Waals surface area contributed by atoms with Gasteiger partial charge in [-0.2, -0.15) is 0 Å². The van der Waals surface area contributed by atoms with Crippen molar-refractivity contribution in [2.24, 2.45) is 0 Å². The van der Waals surface area contributed by atoms with Crippen molar-refractivity contribution in [2.45, 2.75) is 44.6 Å². The van der Waals surface area contributed by atoms with Crippen molar-refractivity contribution in [1.29, 1.82) is 0 Å². The quantitative estimate of drug-likeness (QED) is 0.847. The van der Waals surface area contributed by atoms with Gasteiger partial charge < -0.3 is 9.84 Å². The van der Waals surface area contributed by atoms with E-state index in [1.54, 1.807) is 24.3 Å². The summed E-state index contributed by atoms with van der Waals surface area (Å²) in [4.78, 5) is 23.5.